The van der Waals surface area contributed by atoms with E-state index in [1.165, 1.54) is 44.9 Å². The molecule has 78 valence electrons. The zero-order valence-corrected chi connectivity index (χ0v) is 8.82. The third-order valence-electron chi connectivity index (χ3n) is 3.34. The molecule has 1 saturated carbocycles. The van der Waals surface area contributed by atoms with Gasteiger partial charge in [0.1, 0.15) is 6.10 Å². The Balaban J connectivity index is 1.87. The minimum atomic E-state index is 0.359. The largest absolute Gasteiger partial charge is 0.494 e. The van der Waals surface area contributed by atoms with Crippen molar-refractivity contribution in [2.45, 2.75) is 51.0 Å². The van der Waals surface area contributed by atoms with Gasteiger partial charge in [0.05, 0.1) is 6.26 Å². The van der Waals surface area contributed by atoms with Crippen LogP contribution in [-0.2, 0) is 4.74 Å². The second-order valence-corrected chi connectivity index (χ2v) is 4.42. The second-order valence-electron chi connectivity index (χ2n) is 4.42. The van der Waals surface area contributed by atoms with E-state index in [1.807, 2.05) is 12.3 Å². The molecule has 1 fully saturated rings. The van der Waals surface area contributed by atoms with Gasteiger partial charge in [-0.1, -0.05) is 38.2 Å². The molecule has 14 heavy (non-hydrogen) atoms. The van der Waals surface area contributed by atoms with Gasteiger partial charge < -0.3 is 4.74 Å². The van der Waals surface area contributed by atoms with Crippen LogP contribution >= 0.6 is 0 Å². The molecule has 1 aliphatic carbocycles. The molecular formula is C13H20O. The lowest BCUT2D eigenvalue weighted by atomic mass is 9.87. The van der Waals surface area contributed by atoms with Crippen LogP contribution in [0.2, 0.25) is 0 Å². The first-order valence-corrected chi connectivity index (χ1v) is 5.95. The molecule has 2 aliphatic rings. The molecule has 0 aromatic heterocycles. The molecule has 1 nitrogen and oxygen atoms in total. The van der Waals surface area contributed by atoms with Gasteiger partial charge in [-0.05, 0) is 30.9 Å². The first-order chi connectivity index (χ1) is 6.97. The Kier molecular flexibility index (Phi) is 3.67. The standard InChI is InChI=1S/C13H20O/c1-2-4-8-12(9-5-3-1)13-10-6-7-11-14-13/h6-7,10-13H,1-5,8-9H2. The smallest absolute Gasteiger partial charge is 0.119 e. The lowest BCUT2D eigenvalue weighted by Crippen LogP contribution is -2.22. The van der Waals surface area contributed by atoms with E-state index in [2.05, 4.69) is 12.2 Å². The van der Waals surface area contributed by atoms with Crippen molar-refractivity contribution in [3.8, 4) is 0 Å². The number of rotatable bonds is 1. The van der Waals surface area contributed by atoms with Crippen molar-refractivity contribution < 1.29 is 4.74 Å². The van der Waals surface area contributed by atoms with Gasteiger partial charge in [-0.15, -0.1) is 0 Å². The molecule has 0 N–H and O–H groups in total. The van der Waals surface area contributed by atoms with Crippen molar-refractivity contribution in [1.29, 1.82) is 0 Å². The van der Waals surface area contributed by atoms with Crippen LogP contribution in [0.4, 0.5) is 0 Å². The van der Waals surface area contributed by atoms with E-state index < -0.39 is 0 Å². The van der Waals surface area contributed by atoms with E-state index in [0.29, 0.717) is 6.10 Å². The minimum Gasteiger partial charge on any atom is -0.494 e. The molecule has 1 aliphatic heterocycles. The number of hydrogen-bond donors (Lipinski definition) is 0. The van der Waals surface area contributed by atoms with E-state index in [1.54, 1.807) is 0 Å². The average Bonchev–Trinajstić information content (AvgIpc) is 2.18. The van der Waals surface area contributed by atoms with Crippen LogP contribution < -0.4 is 0 Å². The lowest BCUT2D eigenvalue weighted by molar-refractivity contribution is 0.107. The summed E-state index contributed by atoms with van der Waals surface area (Å²) >= 11 is 0. The molecule has 1 atom stereocenters. The van der Waals surface area contributed by atoms with E-state index in [-0.39, 0.29) is 0 Å². The first kappa shape index (κ1) is 9.82. The van der Waals surface area contributed by atoms with E-state index >= 15 is 0 Å². The minimum absolute atomic E-state index is 0.359. The summed E-state index contributed by atoms with van der Waals surface area (Å²) in [6.45, 7) is 0. The van der Waals surface area contributed by atoms with Crippen LogP contribution in [0.25, 0.3) is 0 Å². The maximum Gasteiger partial charge on any atom is 0.119 e. The maximum absolute atomic E-state index is 5.65. The zero-order chi connectivity index (χ0) is 9.64. The van der Waals surface area contributed by atoms with Crippen molar-refractivity contribution in [1.82, 2.24) is 0 Å². The molecule has 0 aromatic rings. The van der Waals surface area contributed by atoms with E-state index in [0.717, 1.165) is 5.92 Å². The summed E-state index contributed by atoms with van der Waals surface area (Å²) in [4.78, 5) is 0. The topological polar surface area (TPSA) is 9.23 Å². The molecule has 1 heteroatoms. The highest BCUT2D eigenvalue weighted by Gasteiger charge is 2.21. The fourth-order valence-corrected chi connectivity index (χ4v) is 2.48. The van der Waals surface area contributed by atoms with Crippen LogP contribution in [0, 0.1) is 5.92 Å². The van der Waals surface area contributed by atoms with Crippen LogP contribution in [0.5, 0.6) is 0 Å². The molecule has 1 heterocycles. The summed E-state index contributed by atoms with van der Waals surface area (Å²) in [5, 5.41) is 0. The van der Waals surface area contributed by atoms with Crippen molar-refractivity contribution in [3.63, 3.8) is 0 Å². The normalized spacial score (nSPS) is 29.3. The molecule has 0 bridgehead atoms. The fourth-order valence-electron chi connectivity index (χ4n) is 2.48. The molecule has 0 spiro atoms. The van der Waals surface area contributed by atoms with Gasteiger partial charge in [0.2, 0.25) is 0 Å². The lowest BCUT2D eigenvalue weighted by Gasteiger charge is -2.27. The second kappa shape index (κ2) is 5.23. The Morgan fingerprint density at radius 1 is 0.857 bits per heavy atom. The van der Waals surface area contributed by atoms with Crippen molar-refractivity contribution >= 4 is 0 Å². The predicted molar refractivity (Wildman–Crippen MR) is 59.0 cm³/mol. The van der Waals surface area contributed by atoms with Gasteiger partial charge in [-0.25, -0.2) is 0 Å². The van der Waals surface area contributed by atoms with Crippen LogP contribution in [0.15, 0.2) is 24.5 Å². The summed E-state index contributed by atoms with van der Waals surface area (Å²) in [7, 11) is 0. The Hall–Kier alpha value is -0.720. The van der Waals surface area contributed by atoms with Gasteiger partial charge in [0.25, 0.3) is 0 Å². The van der Waals surface area contributed by atoms with Crippen molar-refractivity contribution in [3.05, 3.63) is 24.5 Å². The summed E-state index contributed by atoms with van der Waals surface area (Å²) < 4.78 is 5.65. The first-order valence-electron chi connectivity index (χ1n) is 5.95. The Bertz CT molecular complexity index is 209. The predicted octanol–water partition coefficient (Wildman–Crippen LogP) is 3.82. The molecule has 0 radical (unpaired) electrons. The Morgan fingerprint density at radius 2 is 1.57 bits per heavy atom. The third kappa shape index (κ3) is 2.63. The Morgan fingerprint density at radius 3 is 2.21 bits per heavy atom. The summed E-state index contributed by atoms with van der Waals surface area (Å²) in [6, 6.07) is 0. The van der Waals surface area contributed by atoms with E-state index in [9.17, 15) is 0 Å². The summed E-state index contributed by atoms with van der Waals surface area (Å²) in [5.41, 5.74) is 0. The van der Waals surface area contributed by atoms with Crippen molar-refractivity contribution in [2.75, 3.05) is 0 Å². The van der Waals surface area contributed by atoms with Gasteiger partial charge >= 0.3 is 0 Å². The SMILES string of the molecule is C1=COC(C2CCCCCCC2)C=C1. The molecular weight excluding hydrogens is 172 g/mol. The molecule has 2 rings (SSSR count). The van der Waals surface area contributed by atoms with Crippen LogP contribution in [-0.4, -0.2) is 6.10 Å². The summed E-state index contributed by atoms with van der Waals surface area (Å²) in [6.07, 6.45) is 18.3. The molecule has 0 amide bonds. The van der Waals surface area contributed by atoms with Crippen LogP contribution in [0.1, 0.15) is 44.9 Å². The monoisotopic (exact) mass is 192 g/mol. The van der Waals surface area contributed by atoms with E-state index in [4.69, 9.17) is 4.74 Å². The zero-order valence-electron chi connectivity index (χ0n) is 8.82. The highest BCUT2D eigenvalue weighted by molar-refractivity contribution is 5.08. The van der Waals surface area contributed by atoms with Gasteiger partial charge in [0, 0.05) is 0 Å². The third-order valence-corrected chi connectivity index (χ3v) is 3.34. The van der Waals surface area contributed by atoms with Gasteiger partial charge in [-0.2, -0.15) is 0 Å². The number of hydrogen-bond acceptors (Lipinski definition) is 1. The average molecular weight is 192 g/mol. The highest BCUT2D eigenvalue weighted by atomic mass is 16.5. The molecule has 1 unspecified atom stereocenters. The quantitative estimate of drug-likeness (QED) is 0.613. The highest BCUT2D eigenvalue weighted by Crippen LogP contribution is 2.27. The maximum atomic E-state index is 5.65. The number of ether oxygens (including phenoxy) is 1. The summed E-state index contributed by atoms with van der Waals surface area (Å²) in [5.74, 6) is 0.761. The van der Waals surface area contributed by atoms with Crippen LogP contribution in [0.3, 0.4) is 0 Å². The fraction of sp³-hybridized carbons (Fsp3) is 0.692. The number of allylic oxidation sites excluding steroid dienone is 2. The molecule has 0 aromatic carbocycles. The van der Waals surface area contributed by atoms with Gasteiger partial charge in [-0.3, -0.25) is 0 Å². The molecule has 0 saturated heterocycles. The Labute approximate surface area is 86.8 Å². The van der Waals surface area contributed by atoms with Gasteiger partial charge in [0.15, 0.2) is 0 Å². The van der Waals surface area contributed by atoms with Crippen molar-refractivity contribution in [2.24, 2.45) is 5.92 Å².